The number of nitrogens with zero attached hydrogens (tertiary/aromatic N) is 2. The van der Waals surface area contributed by atoms with Crippen molar-refractivity contribution < 1.29 is 18.3 Å². The minimum absolute atomic E-state index is 0.0105. The maximum absolute atomic E-state index is 13.3. The lowest BCUT2D eigenvalue weighted by Gasteiger charge is -2.09. The molecule has 32 heavy (non-hydrogen) atoms. The largest absolute Gasteiger partial charge is 0.483 e. The third kappa shape index (κ3) is 5.43. The molecule has 0 aliphatic heterocycles. The Hall–Kier alpha value is -3.00. The number of carbonyl (C=O) groups is 1. The van der Waals surface area contributed by atoms with Gasteiger partial charge in [-0.15, -0.1) is 0 Å². The number of aromatic nitrogens is 2. The van der Waals surface area contributed by atoms with Crippen molar-refractivity contribution in [2.24, 2.45) is 0 Å². The number of nitrogens with one attached hydrogen (secondary N) is 1. The van der Waals surface area contributed by atoms with E-state index in [4.69, 9.17) is 44.0 Å². The Kier molecular flexibility index (Phi) is 6.69. The van der Waals surface area contributed by atoms with E-state index in [0.29, 0.717) is 23.1 Å². The van der Waals surface area contributed by atoms with Gasteiger partial charge in [0.25, 0.3) is 5.91 Å². The first-order chi connectivity index (χ1) is 15.4. The molecule has 0 fully saturated rings. The fraction of sp³-hybridized carbons (Fsp3) is 0.0909. The van der Waals surface area contributed by atoms with Crippen LogP contribution in [0.15, 0.2) is 65.2 Å². The number of anilines is 1. The number of amides is 1. The molecule has 0 bridgehead atoms. The van der Waals surface area contributed by atoms with E-state index in [-0.39, 0.29) is 34.0 Å². The van der Waals surface area contributed by atoms with Crippen molar-refractivity contribution in [1.29, 1.82) is 0 Å². The second-order valence-corrected chi connectivity index (χ2v) is 7.99. The second-order valence-electron chi connectivity index (χ2n) is 6.74. The predicted molar refractivity (Wildman–Crippen MR) is 120 cm³/mol. The molecule has 0 saturated carbocycles. The lowest BCUT2D eigenvalue weighted by molar-refractivity contribution is 0.0992. The van der Waals surface area contributed by atoms with E-state index in [1.54, 1.807) is 35.1 Å². The highest BCUT2D eigenvalue weighted by atomic mass is 35.5. The van der Waals surface area contributed by atoms with Crippen LogP contribution in [0.5, 0.6) is 5.75 Å². The van der Waals surface area contributed by atoms with Gasteiger partial charge in [-0.05, 0) is 42.0 Å². The van der Waals surface area contributed by atoms with Crippen molar-refractivity contribution in [3.05, 3.63) is 98.8 Å². The monoisotopic (exact) mass is 493 g/mol. The Morgan fingerprint density at radius 3 is 2.62 bits per heavy atom. The van der Waals surface area contributed by atoms with Gasteiger partial charge in [-0.2, -0.15) is 5.10 Å². The molecule has 0 unspecified atom stereocenters. The van der Waals surface area contributed by atoms with Crippen LogP contribution in [0.3, 0.4) is 0 Å². The molecule has 0 atom stereocenters. The standard InChI is InChI=1S/C22H15Cl3FN3O3/c23-14-9-17(24)21(18(25)10-14)31-12-16-4-5-19(32-16)22(30)27-20-6-7-29(28-20)11-13-2-1-3-15(26)8-13/h1-10H,11-12H2,(H,27,28,30). The van der Waals surface area contributed by atoms with E-state index in [2.05, 4.69) is 10.4 Å². The van der Waals surface area contributed by atoms with Crippen molar-refractivity contribution in [3.8, 4) is 5.75 Å². The fourth-order valence-corrected chi connectivity index (χ4v) is 3.83. The molecule has 0 aliphatic rings. The third-order valence-corrected chi connectivity index (χ3v) is 5.10. The Balaban J connectivity index is 1.36. The van der Waals surface area contributed by atoms with Gasteiger partial charge < -0.3 is 14.5 Å². The van der Waals surface area contributed by atoms with Crippen molar-refractivity contribution in [3.63, 3.8) is 0 Å². The quantitative estimate of drug-likeness (QED) is 0.320. The van der Waals surface area contributed by atoms with Gasteiger partial charge in [0, 0.05) is 17.3 Å². The molecule has 0 spiro atoms. The van der Waals surface area contributed by atoms with Crippen molar-refractivity contribution >= 4 is 46.5 Å². The fourth-order valence-electron chi connectivity index (χ4n) is 2.90. The van der Waals surface area contributed by atoms with Gasteiger partial charge in [0.15, 0.2) is 17.3 Å². The number of benzene rings is 2. The third-order valence-electron chi connectivity index (χ3n) is 4.32. The molecular weight excluding hydrogens is 480 g/mol. The molecular formula is C22H15Cl3FN3O3. The van der Waals surface area contributed by atoms with Gasteiger partial charge in [0.05, 0.1) is 16.6 Å². The number of carbonyl (C=O) groups excluding carboxylic acids is 1. The maximum atomic E-state index is 13.3. The molecule has 4 rings (SSSR count). The lowest BCUT2D eigenvalue weighted by Crippen LogP contribution is -2.12. The molecule has 4 aromatic rings. The second kappa shape index (κ2) is 9.65. The first-order valence-corrected chi connectivity index (χ1v) is 10.5. The van der Waals surface area contributed by atoms with Crippen LogP contribution in [0.1, 0.15) is 21.9 Å². The van der Waals surface area contributed by atoms with Crippen LogP contribution in [0.4, 0.5) is 10.2 Å². The molecule has 2 heterocycles. The van der Waals surface area contributed by atoms with E-state index < -0.39 is 5.91 Å². The Morgan fingerprint density at radius 2 is 1.88 bits per heavy atom. The molecule has 6 nitrogen and oxygen atoms in total. The van der Waals surface area contributed by atoms with Crippen LogP contribution in [0.25, 0.3) is 0 Å². The minimum Gasteiger partial charge on any atom is -0.483 e. The lowest BCUT2D eigenvalue weighted by atomic mass is 10.2. The summed E-state index contributed by atoms with van der Waals surface area (Å²) in [5, 5.41) is 7.84. The first kappa shape index (κ1) is 22.2. The summed E-state index contributed by atoms with van der Waals surface area (Å²) in [6.07, 6.45) is 1.68. The van der Waals surface area contributed by atoms with E-state index in [1.165, 1.54) is 30.3 Å². The normalized spacial score (nSPS) is 10.9. The molecule has 10 heteroatoms. The molecule has 0 radical (unpaired) electrons. The van der Waals surface area contributed by atoms with Gasteiger partial charge in [0.2, 0.25) is 0 Å². The SMILES string of the molecule is O=C(Nc1ccn(Cc2cccc(F)c2)n1)c1ccc(COc2c(Cl)cc(Cl)cc2Cl)o1. The number of halogens is 4. The highest BCUT2D eigenvalue weighted by Crippen LogP contribution is 2.36. The average molecular weight is 495 g/mol. The van der Waals surface area contributed by atoms with Gasteiger partial charge in [0.1, 0.15) is 18.2 Å². The first-order valence-electron chi connectivity index (χ1n) is 9.33. The van der Waals surface area contributed by atoms with Crippen molar-refractivity contribution in [2.45, 2.75) is 13.2 Å². The smallest absolute Gasteiger partial charge is 0.292 e. The predicted octanol–water partition coefficient (Wildman–Crippen LogP) is 6.46. The zero-order valence-corrected chi connectivity index (χ0v) is 18.6. The summed E-state index contributed by atoms with van der Waals surface area (Å²) >= 11 is 18.1. The van der Waals surface area contributed by atoms with Crippen molar-refractivity contribution in [2.75, 3.05) is 5.32 Å². The van der Waals surface area contributed by atoms with E-state index in [0.717, 1.165) is 5.56 Å². The maximum Gasteiger partial charge on any atom is 0.292 e. The molecule has 164 valence electrons. The highest BCUT2D eigenvalue weighted by Gasteiger charge is 2.15. The van der Waals surface area contributed by atoms with Gasteiger partial charge >= 0.3 is 0 Å². The molecule has 0 saturated heterocycles. The van der Waals surface area contributed by atoms with E-state index in [9.17, 15) is 9.18 Å². The van der Waals surface area contributed by atoms with Gasteiger partial charge in [-0.3, -0.25) is 9.48 Å². The molecule has 0 aliphatic carbocycles. The van der Waals surface area contributed by atoms with Crippen molar-refractivity contribution in [1.82, 2.24) is 9.78 Å². The van der Waals surface area contributed by atoms with Crippen LogP contribution < -0.4 is 10.1 Å². The summed E-state index contributed by atoms with van der Waals surface area (Å²) in [6.45, 7) is 0.377. The topological polar surface area (TPSA) is 69.3 Å². The van der Waals surface area contributed by atoms with Crippen LogP contribution in [-0.4, -0.2) is 15.7 Å². The molecule has 2 aromatic heterocycles. The van der Waals surface area contributed by atoms with E-state index in [1.807, 2.05) is 0 Å². The van der Waals surface area contributed by atoms with Crippen LogP contribution >= 0.6 is 34.8 Å². The van der Waals surface area contributed by atoms with Crippen LogP contribution in [0.2, 0.25) is 15.1 Å². The summed E-state index contributed by atoms with van der Waals surface area (Å²) in [5.41, 5.74) is 0.752. The summed E-state index contributed by atoms with van der Waals surface area (Å²) in [5.74, 6) is 0.283. The number of furan rings is 1. The number of hydrogen-bond acceptors (Lipinski definition) is 4. The number of rotatable bonds is 7. The summed E-state index contributed by atoms with van der Waals surface area (Å²) in [6, 6.07) is 14.0. The Morgan fingerprint density at radius 1 is 1.09 bits per heavy atom. The Labute approximate surface area is 197 Å². The molecule has 1 amide bonds. The average Bonchev–Trinajstić information content (AvgIpc) is 3.37. The zero-order chi connectivity index (χ0) is 22.7. The van der Waals surface area contributed by atoms with Gasteiger partial charge in [-0.1, -0.05) is 46.9 Å². The van der Waals surface area contributed by atoms with Gasteiger partial charge in [-0.25, -0.2) is 4.39 Å². The van der Waals surface area contributed by atoms with Crippen LogP contribution in [-0.2, 0) is 13.2 Å². The molecule has 1 N–H and O–H groups in total. The highest BCUT2D eigenvalue weighted by molar-refractivity contribution is 6.40. The zero-order valence-electron chi connectivity index (χ0n) is 16.3. The molecule has 2 aromatic carbocycles. The summed E-state index contributed by atoms with van der Waals surface area (Å²) < 4.78 is 26.0. The summed E-state index contributed by atoms with van der Waals surface area (Å²) in [4.78, 5) is 12.5. The minimum atomic E-state index is -0.477. The van der Waals surface area contributed by atoms with E-state index >= 15 is 0 Å². The number of ether oxygens (including phenoxy) is 1. The Bertz CT molecular complexity index is 1250. The number of hydrogen-bond donors (Lipinski definition) is 1. The van der Waals surface area contributed by atoms with Crippen LogP contribution in [0, 0.1) is 5.82 Å². The summed E-state index contributed by atoms with van der Waals surface area (Å²) in [7, 11) is 0.